The summed E-state index contributed by atoms with van der Waals surface area (Å²) in [4.78, 5) is 12.1. The van der Waals surface area contributed by atoms with Gasteiger partial charge in [0.2, 0.25) is 0 Å². The monoisotopic (exact) mass is 283 g/mol. The Labute approximate surface area is 122 Å². The second-order valence-electron chi connectivity index (χ2n) is 6.93. The molecule has 0 radical (unpaired) electrons. The normalized spacial score (nSPS) is 27.9. The van der Waals surface area contributed by atoms with Gasteiger partial charge in [-0.2, -0.15) is 0 Å². The van der Waals surface area contributed by atoms with E-state index in [4.69, 9.17) is 4.74 Å². The number of carbonyl (C=O) groups excluding carboxylic acids is 1. The lowest BCUT2D eigenvalue weighted by Gasteiger charge is -2.39. The molecule has 2 N–H and O–H groups in total. The maximum absolute atomic E-state index is 12.1. The first-order chi connectivity index (χ1) is 9.24. The third kappa shape index (κ3) is 4.23. The summed E-state index contributed by atoms with van der Waals surface area (Å²) in [5, 5.41) is 12.5. The molecule has 116 valence electrons. The molecule has 0 aromatic carbocycles. The third-order valence-electron chi connectivity index (χ3n) is 4.08. The molecule has 0 aromatic rings. The van der Waals surface area contributed by atoms with Crippen LogP contribution >= 0.6 is 0 Å². The van der Waals surface area contributed by atoms with Crippen molar-refractivity contribution in [2.24, 2.45) is 11.8 Å². The van der Waals surface area contributed by atoms with Crippen LogP contribution in [0.3, 0.4) is 0 Å². The molecule has 4 heteroatoms. The van der Waals surface area contributed by atoms with E-state index in [1.807, 2.05) is 33.8 Å². The van der Waals surface area contributed by atoms with Gasteiger partial charge in [-0.25, -0.2) is 4.79 Å². The first-order valence-electron chi connectivity index (χ1n) is 7.47. The first-order valence-corrected chi connectivity index (χ1v) is 7.47. The Morgan fingerprint density at radius 3 is 2.75 bits per heavy atom. The zero-order valence-corrected chi connectivity index (χ0v) is 13.2. The second-order valence-corrected chi connectivity index (χ2v) is 6.93. The molecule has 1 aliphatic carbocycles. The van der Waals surface area contributed by atoms with Gasteiger partial charge in [0.15, 0.2) is 0 Å². The van der Waals surface area contributed by atoms with E-state index >= 15 is 0 Å². The lowest BCUT2D eigenvalue weighted by atomic mass is 9.77. The van der Waals surface area contributed by atoms with Crippen LogP contribution in [0.15, 0.2) is 12.7 Å². The van der Waals surface area contributed by atoms with Gasteiger partial charge in [0, 0.05) is 12.1 Å². The zero-order chi connectivity index (χ0) is 15.4. The van der Waals surface area contributed by atoms with Crippen LogP contribution in [-0.2, 0) is 4.74 Å². The van der Waals surface area contributed by atoms with Gasteiger partial charge in [0.05, 0.1) is 0 Å². The summed E-state index contributed by atoms with van der Waals surface area (Å²) < 4.78 is 5.39. The molecule has 1 fully saturated rings. The molecule has 1 aliphatic rings. The van der Waals surface area contributed by atoms with Gasteiger partial charge in [0.25, 0.3) is 0 Å². The highest BCUT2D eigenvalue weighted by molar-refractivity contribution is 5.69. The molecule has 20 heavy (non-hydrogen) atoms. The minimum Gasteiger partial charge on any atom is -0.444 e. The fourth-order valence-electron chi connectivity index (χ4n) is 3.28. The second kappa shape index (κ2) is 6.61. The van der Waals surface area contributed by atoms with E-state index in [2.05, 4.69) is 11.9 Å². The smallest absolute Gasteiger partial charge is 0.408 e. The van der Waals surface area contributed by atoms with E-state index in [1.165, 1.54) is 0 Å². The van der Waals surface area contributed by atoms with E-state index in [1.54, 1.807) is 0 Å². The predicted molar refractivity (Wildman–Crippen MR) is 80.5 cm³/mol. The van der Waals surface area contributed by atoms with Crippen molar-refractivity contribution in [3.63, 3.8) is 0 Å². The van der Waals surface area contributed by atoms with E-state index in [0.717, 1.165) is 19.3 Å². The standard InChI is InChI=1S/C16H29NO3/c1-6-9-16(17-14(19)20-15(3,4)5)10-7-8-13(16)12(2)11-18/h6,12-13,18H,1,7-11H2,2-5H3,(H,17,19)/t12-,13-,16-/m1/s1. The van der Waals surface area contributed by atoms with Crippen molar-refractivity contribution < 1.29 is 14.6 Å². The lowest BCUT2D eigenvalue weighted by Crippen LogP contribution is -2.54. The fraction of sp³-hybridized carbons (Fsp3) is 0.812. The van der Waals surface area contributed by atoms with Gasteiger partial charge in [-0.3, -0.25) is 0 Å². The SMILES string of the molecule is C=CC[C@@]1(NC(=O)OC(C)(C)C)CCC[C@@H]1[C@H](C)CO. The average Bonchev–Trinajstić information content (AvgIpc) is 2.69. The van der Waals surface area contributed by atoms with Crippen LogP contribution in [0.1, 0.15) is 53.4 Å². The van der Waals surface area contributed by atoms with Gasteiger partial charge in [-0.05, 0) is 51.9 Å². The van der Waals surface area contributed by atoms with Gasteiger partial charge in [0.1, 0.15) is 5.60 Å². The van der Waals surface area contributed by atoms with Crippen molar-refractivity contribution >= 4 is 6.09 Å². The Bertz CT molecular complexity index is 348. The first kappa shape index (κ1) is 17.0. The van der Waals surface area contributed by atoms with Crippen molar-refractivity contribution in [3.8, 4) is 0 Å². The topological polar surface area (TPSA) is 58.6 Å². The van der Waals surface area contributed by atoms with Crippen LogP contribution in [0, 0.1) is 11.8 Å². The summed E-state index contributed by atoms with van der Waals surface area (Å²) in [6, 6.07) is 0. The molecule has 0 bridgehead atoms. The third-order valence-corrected chi connectivity index (χ3v) is 4.08. The minimum atomic E-state index is -0.504. The van der Waals surface area contributed by atoms with Gasteiger partial charge in [-0.15, -0.1) is 6.58 Å². The van der Waals surface area contributed by atoms with Crippen LogP contribution in [0.4, 0.5) is 4.79 Å². The highest BCUT2D eigenvalue weighted by Crippen LogP contribution is 2.42. The molecule has 4 nitrogen and oxygen atoms in total. The van der Waals surface area contributed by atoms with E-state index < -0.39 is 5.60 Å². The van der Waals surface area contributed by atoms with Gasteiger partial charge in [-0.1, -0.05) is 19.4 Å². The molecule has 3 atom stereocenters. The number of ether oxygens (including phenoxy) is 1. The number of aliphatic hydroxyl groups excluding tert-OH is 1. The van der Waals surface area contributed by atoms with Crippen LogP contribution in [0.2, 0.25) is 0 Å². The van der Waals surface area contributed by atoms with Crippen LogP contribution < -0.4 is 5.32 Å². The summed E-state index contributed by atoms with van der Waals surface area (Å²) >= 11 is 0. The van der Waals surface area contributed by atoms with E-state index in [0.29, 0.717) is 6.42 Å². The highest BCUT2D eigenvalue weighted by atomic mass is 16.6. The van der Waals surface area contributed by atoms with Crippen molar-refractivity contribution in [2.45, 2.75) is 64.5 Å². The van der Waals surface area contributed by atoms with Crippen molar-refractivity contribution in [1.82, 2.24) is 5.32 Å². The molecule has 1 saturated carbocycles. The Kier molecular flexibility index (Phi) is 5.63. The number of alkyl carbamates (subject to hydrolysis) is 1. The molecule has 0 saturated heterocycles. The molecule has 0 spiro atoms. The molecule has 0 aromatic heterocycles. The number of rotatable bonds is 5. The number of amides is 1. The molecular weight excluding hydrogens is 254 g/mol. The van der Waals surface area contributed by atoms with Gasteiger partial charge >= 0.3 is 6.09 Å². The van der Waals surface area contributed by atoms with Gasteiger partial charge < -0.3 is 15.2 Å². The maximum atomic E-state index is 12.1. The van der Waals surface area contributed by atoms with Crippen molar-refractivity contribution in [3.05, 3.63) is 12.7 Å². The van der Waals surface area contributed by atoms with E-state index in [9.17, 15) is 9.90 Å². The largest absolute Gasteiger partial charge is 0.444 e. The summed E-state index contributed by atoms with van der Waals surface area (Å²) in [6.45, 7) is 11.6. The summed E-state index contributed by atoms with van der Waals surface area (Å²) in [5.74, 6) is 0.422. The Morgan fingerprint density at radius 2 is 2.25 bits per heavy atom. The summed E-state index contributed by atoms with van der Waals surface area (Å²) in [5.41, 5.74) is -0.831. The number of hydrogen-bond donors (Lipinski definition) is 2. The number of nitrogens with one attached hydrogen (secondary N) is 1. The summed E-state index contributed by atoms with van der Waals surface area (Å²) in [6.07, 6.45) is 5.16. The molecule has 0 heterocycles. The van der Waals surface area contributed by atoms with Crippen molar-refractivity contribution in [2.75, 3.05) is 6.61 Å². The molecule has 1 rings (SSSR count). The summed E-state index contributed by atoms with van der Waals surface area (Å²) in [7, 11) is 0. The predicted octanol–water partition coefficient (Wildman–Crippen LogP) is 3.25. The van der Waals surface area contributed by atoms with Crippen LogP contribution in [0.25, 0.3) is 0 Å². The Balaban J connectivity index is 2.86. The molecule has 0 aliphatic heterocycles. The number of aliphatic hydroxyl groups is 1. The van der Waals surface area contributed by atoms with E-state index in [-0.39, 0.29) is 30.1 Å². The maximum Gasteiger partial charge on any atom is 0.408 e. The van der Waals surface area contributed by atoms with Crippen LogP contribution in [0.5, 0.6) is 0 Å². The van der Waals surface area contributed by atoms with Crippen molar-refractivity contribution in [1.29, 1.82) is 0 Å². The quantitative estimate of drug-likeness (QED) is 0.761. The minimum absolute atomic E-state index is 0.138. The average molecular weight is 283 g/mol. The Morgan fingerprint density at radius 1 is 1.60 bits per heavy atom. The lowest BCUT2D eigenvalue weighted by molar-refractivity contribution is 0.0378. The molecular formula is C16H29NO3. The zero-order valence-electron chi connectivity index (χ0n) is 13.2. The molecule has 1 amide bonds. The highest BCUT2D eigenvalue weighted by Gasteiger charge is 2.45. The number of carbonyl (C=O) groups is 1. The number of hydrogen-bond acceptors (Lipinski definition) is 3. The Hall–Kier alpha value is -1.03. The molecule has 0 unspecified atom stereocenters. The van der Waals surface area contributed by atoms with Crippen LogP contribution in [-0.4, -0.2) is 28.9 Å². The fourth-order valence-corrected chi connectivity index (χ4v) is 3.28.